The van der Waals surface area contributed by atoms with Crippen LogP contribution in [0.3, 0.4) is 0 Å². The Morgan fingerprint density at radius 1 is 1.45 bits per heavy atom. The Balaban J connectivity index is 4.32. The Hall–Kier alpha value is -0.540. The van der Waals surface area contributed by atoms with Crippen molar-refractivity contribution in [1.29, 1.82) is 0 Å². The second-order valence-electron chi connectivity index (χ2n) is 1.79. The first-order valence-electron chi connectivity index (χ1n) is 2.68. The van der Waals surface area contributed by atoms with Crippen LogP contribution in [0.15, 0.2) is 11.8 Å². The van der Waals surface area contributed by atoms with Gasteiger partial charge in [-0.05, 0) is 0 Å². The smallest absolute Gasteiger partial charge is 0.194 e. The van der Waals surface area contributed by atoms with Gasteiger partial charge in [0, 0.05) is 13.0 Å². The molecule has 5 heteroatoms. The van der Waals surface area contributed by atoms with Gasteiger partial charge in [0.1, 0.15) is 0 Å². The molecule has 0 unspecified atom stereocenters. The molecule has 3 nitrogen and oxygen atoms in total. The van der Waals surface area contributed by atoms with Crippen LogP contribution in [0.5, 0.6) is 0 Å². The maximum absolute atomic E-state index is 10.6. The van der Waals surface area contributed by atoms with Crippen molar-refractivity contribution in [1.82, 2.24) is 0 Å². The van der Waals surface area contributed by atoms with Crippen molar-refractivity contribution in [3.05, 3.63) is 11.8 Å². The highest BCUT2D eigenvalue weighted by atomic mass is 35.5. The molecular formula is C6H6Cl2O3. The maximum Gasteiger partial charge on any atom is 0.194 e. The van der Waals surface area contributed by atoms with Gasteiger partial charge in [-0.2, -0.15) is 0 Å². The summed E-state index contributed by atoms with van der Waals surface area (Å²) in [5, 5.41) is 8.72. The average Bonchev–Trinajstić information content (AvgIpc) is 1.87. The molecule has 0 aromatic heterocycles. The number of hydrogen-bond acceptors (Lipinski definition) is 3. The molecule has 0 aromatic carbocycles. The van der Waals surface area contributed by atoms with Gasteiger partial charge >= 0.3 is 0 Å². The van der Waals surface area contributed by atoms with E-state index in [0.717, 1.165) is 6.92 Å². The van der Waals surface area contributed by atoms with Gasteiger partial charge in [-0.15, -0.1) is 0 Å². The molecule has 0 aliphatic rings. The summed E-state index contributed by atoms with van der Waals surface area (Å²) in [5.41, 5.74) is 0. The first-order chi connectivity index (χ1) is 4.95. The zero-order chi connectivity index (χ0) is 9.02. The van der Waals surface area contributed by atoms with E-state index >= 15 is 0 Å². The molecule has 0 aliphatic heterocycles. The zero-order valence-corrected chi connectivity index (χ0v) is 7.19. The molecular weight excluding hydrogens is 191 g/mol. The number of alkyl halides is 2. The summed E-state index contributed by atoms with van der Waals surface area (Å²) in [6.07, 6.45) is 0.701. The van der Waals surface area contributed by atoms with Gasteiger partial charge in [0.15, 0.2) is 22.2 Å². The molecule has 11 heavy (non-hydrogen) atoms. The second-order valence-corrected chi connectivity index (χ2v) is 2.89. The number of rotatable bonds is 3. The van der Waals surface area contributed by atoms with Crippen LogP contribution in [-0.4, -0.2) is 21.5 Å². The van der Waals surface area contributed by atoms with Crippen molar-refractivity contribution < 1.29 is 14.7 Å². The van der Waals surface area contributed by atoms with E-state index in [0.29, 0.717) is 6.08 Å². The lowest BCUT2D eigenvalue weighted by Gasteiger charge is -1.94. The Morgan fingerprint density at radius 3 is 2.18 bits per heavy atom. The minimum Gasteiger partial charge on any atom is -0.504 e. The predicted octanol–water partition coefficient (Wildman–Crippen LogP) is 1.39. The Kier molecular flexibility index (Phi) is 4.15. The topological polar surface area (TPSA) is 54.4 Å². The highest BCUT2D eigenvalue weighted by molar-refractivity contribution is 6.54. The number of ketones is 2. The van der Waals surface area contributed by atoms with E-state index in [1.165, 1.54) is 0 Å². The number of carbonyl (C=O) groups is 2. The summed E-state index contributed by atoms with van der Waals surface area (Å²) in [4.78, 5) is 19.7. The van der Waals surface area contributed by atoms with Crippen LogP contribution >= 0.6 is 23.2 Å². The molecule has 0 rings (SSSR count). The van der Waals surface area contributed by atoms with Gasteiger partial charge in [0.2, 0.25) is 0 Å². The number of aliphatic hydroxyl groups excluding tert-OH is 1. The van der Waals surface area contributed by atoms with Gasteiger partial charge in [0.05, 0.1) is 0 Å². The molecule has 0 radical (unpaired) electrons. The number of halogens is 2. The van der Waals surface area contributed by atoms with Gasteiger partial charge in [-0.3, -0.25) is 9.59 Å². The summed E-state index contributed by atoms with van der Waals surface area (Å²) in [5.74, 6) is -1.95. The van der Waals surface area contributed by atoms with Crippen LogP contribution in [0.4, 0.5) is 0 Å². The first-order valence-corrected chi connectivity index (χ1v) is 3.56. The van der Waals surface area contributed by atoms with Crippen molar-refractivity contribution in [3.63, 3.8) is 0 Å². The number of allylic oxidation sites excluding steroid dienone is 2. The van der Waals surface area contributed by atoms with Crippen molar-refractivity contribution >= 4 is 34.8 Å². The second kappa shape index (κ2) is 4.36. The average molecular weight is 197 g/mol. The van der Waals surface area contributed by atoms with Crippen molar-refractivity contribution in [2.45, 2.75) is 11.8 Å². The van der Waals surface area contributed by atoms with E-state index in [9.17, 15) is 9.59 Å². The molecule has 0 fully saturated rings. The summed E-state index contributed by atoms with van der Waals surface area (Å²) in [6, 6.07) is 0. The molecule has 0 spiro atoms. The van der Waals surface area contributed by atoms with Crippen LogP contribution in [0.25, 0.3) is 0 Å². The zero-order valence-electron chi connectivity index (χ0n) is 5.67. The van der Waals surface area contributed by atoms with Crippen LogP contribution in [-0.2, 0) is 9.59 Å². The molecule has 62 valence electrons. The van der Waals surface area contributed by atoms with Crippen molar-refractivity contribution in [2.24, 2.45) is 0 Å². The molecule has 0 aliphatic carbocycles. The van der Waals surface area contributed by atoms with Crippen LogP contribution < -0.4 is 0 Å². The minimum absolute atomic E-state index is 0.604. The van der Waals surface area contributed by atoms with E-state index < -0.39 is 22.2 Å². The summed E-state index contributed by atoms with van der Waals surface area (Å²) in [6.45, 7) is 1.12. The van der Waals surface area contributed by atoms with Gasteiger partial charge in [-0.25, -0.2) is 0 Å². The normalized spacial score (nSPS) is 11.8. The fourth-order valence-corrected chi connectivity index (χ4v) is 0.425. The Labute approximate surface area is 73.6 Å². The molecule has 0 saturated carbocycles. The van der Waals surface area contributed by atoms with Gasteiger partial charge < -0.3 is 5.11 Å². The maximum atomic E-state index is 10.6. The van der Waals surface area contributed by atoms with E-state index in [1.54, 1.807) is 0 Å². The van der Waals surface area contributed by atoms with Crippen LogP contribution in [0.1, 0.15) is 6.92 Å². The molecule has 0 saturated heterocycles. The van der Waals surface area contributed by atoms with Crippen LogP contribution in [0, 0.1) is 0 Å². The summed E-state index contributed by atoms with van der Waals surface area (Å²) >= 11 is 10.3. The lowest BCUT2D eigenvalue weighted by Crippen LogP contribution is -2.07. The third kappa shape index (κ3) is 4.01. The third-order valence-electron chi connectivity index (χ3n) is 0.855. The lowest BCUT2D eigenvalue weighted by atomic mass is 10.3. The fourth-order valence-electron chi connectivity index (χ4n) is 0.299. The SMILES string of the molecule is CC(=O)/C(O)=C/C(=O)C(Cl)Cl. The quantitative estimate of drug-likeness (QED) is 0.422. The summed E-state index contributed by atoms with van der Waals surface area (Å²) in [7, 11) is 0. The number of Topliss-reactive ketones (excluding diaryl/α,β-unsaturated/α-hetero) is 1. The summed E-state index contributed by atoms with van der Waals surface area (Å²) < 4.78 is 0. The lowest BCUT2D eigenvalue weighted by molar-refractivity contribution is -0.117. The van der Waals surface area contributed by atoms with Gasteiger partial charge in [0.25, 0.3) is 0 Å². The van der Waals surface area contributed by atoms with E-state index in [4.69, 9.17) is 28.3 Å². The number of hydrogen-bond donors (Lipinski definition) is 1. The van der Waals surface area contributed by atoms with E-state index in [2.05, 4.69) is 0 Å². The molecule has 0 bridgehead atoms. The molecule has 0 amide bonds. The minimum atomic E-state index is -1.24. The highest BCUT2D eigenvalue weighted by Crippen LogP contribution is 2.05. The number of aliphatic hydroxyl groups is 1. The van der Waals surface area contributed by atoms with Crippen molar-refractivity contribution in [3.8, 4) is 0 Å². The predicted molar refractivity (Wildman–Crippen MR) is 41.9 cm³/mol. The fraction of sp³-hybridized carbons (Fsp3) is 0.333. The number of carbonyl (C=O) groups excluding carboxylic acids is 2. The Morgan fingerprint density at radius 2 is 1.91 bits per heavy atom. The van der Waals surface area contributed by atoms with Gasteiger partial charge in [-0.1, -0.05) is 23.2 Å². The highest BCUT2D eigenvalue weighted by Gasteiger charge is 2.11. The molecule has 1 N–H and O–H groups in total. The first kappa shape index (κ1) is 10.5. The van der Waals surface area contributed by atoms with Crippen molar-refractivity contribution in [2.75, 3.05) is 0 Å². The molecule has 0 heterocycles. The van der Waals surface area contributed by atoms with E-state index in [-0.39, 0.29) is 0 Å². The van der Waals surface area contributed by atoms with E-state index in [1.807, 2.05) is 0 Å². The third-order valence-corrected chi connectivity index (χ3v) is 1.28. The Bertz CT molecular complexity index is 208. The molecule has 0 atom stereocenters. The standard InChI is InChI=1S/C6H6Cl2O3/c1-3(9)4(10)2-5(11)6(7)8/h2,6,10H,1H3/b4-2-. The van der Waals surface area contributed by atoms with Crippen LogP contribution in [0.2, 0.25) is 0 Å². The monoisotopic (exact) mass is 196 g/mol. The molecule has 0 aromatic rings. The largest absolute Gasteiger partial charge is 0.504 e.